The largest absolute Gasteiger partial charge is 0.481 e. The van der Waals surface area contributed by atoms with Crippen LogP contribution in [0.5, 0.6) is 0 Å². The minimum absolute atomic E-state index is 0.201. The molecule has 0 unspecified atom stereocenters. The van der Waals surface area contributed by atoms with Crippen LogP contribution in [0.25, 0.3) is 0 Å². The zero-order chi connectivity index (χ0) is 14.0. The Morgan fingerprint density at radius 3 is 2.63 bits per heavy atom. The number of aliphatic carboxylic acids is 1. The average molecular weight is 265 g/mol. The normalized spacial score (nSPS) is 17.3. The van der Waals surface area contributed by atoms with E-state index in [-0.39, 0.29) is 5.82 Å². The van der Waals surface area contributed by atoms with Gasteiger partial charge in [0.15, 0.2) is 0 Å². The van der Waals surface area contributed by atoms with Crippen molar-refractivity contribution in [2.75, 3.05) is 13.6 Å². The van der Waals surface area contributed by atoms with Crippen molar-refractivity contribution in [2.24, 2.45) is 5.41 Å². The highest BCUT2D eigenvalue weighted by molar-refractivity contribution is 5.76. The molecule has 104 valence electrons. The summed E-state index contributed by atoms with van der Waals surface area (Å²) in [6.45, 7) is 2.94. The average Bonchev–Trinajstić information content (AvgIpc) is 2.28. The third-order valence-corrected chi connectivity index (χ3v) is 4.01. The maximum Gasteiger partial charge on any atom is 0.310 e. The van der Waals surface area contributed by atoms with Gasteiger partial charge in [-0.2, -0.15) is 0 Å². The maximum atomic E-state index is 13.2. The van der Waals surface area contributed by atoms with Crippen molar-refractivity contribution < 1.29 is 14.3 Å². The first-order chi connectivity index (χ1) is 8.93. The molecule has 0 atom stereocenters. The summed E-state index contributed by atoms with van der Waals surface area (Å²) in [7, 11) is 1.92. The molecule has 1 aromatic carbocycles. The summed E-state index contributed by atoms with van der Waals surface area (Å²) in [5.74, 6) is -0.895. The number of rotatable bonds is 5. The number of carboxylic acids is 1. The van der Waals surface area contributed by atoms with Crippen molar-refractivity contribution in [3.05, 3.63) is 35.1 Å². The molecule has 1 aliphatic rings. The van der Waals surface area contributed by atoms with E-state index in [0.29, 0.717) is 18.7 Å². The lowest BCUT2D eigenvalue weighted by Gasteiger charge is -2.40. The Kier molecular flexibility index (Phi) is 3.90. The Balaban J connectivity index is 1.99. The number of aryl methyl sites for hydroxylation is 1. The molecule has 0 amide bonds. The molecular formula is C15H20FNO2. The van der Waals surface area contributed by atoms with Crippen LogP contribution >= 0.6 is 0 Å². The standard InChI is InChI=1S/C15H20FNO2/c1-11-8-12(4-5-13(11)16)9-17(2)10-15(14(18)19)6-3-7-15/h4-5,8H,3,6-7,9-10H2,1-2H3,(H,18,19). The molecule has 3 nitrogen and oxygen atoms in total. The molecule has 1 N–H and O–H groups in total. The van der Waals surface area contributed by atoms with E-state index in [1.165, 1.54) is 6.07 Å². The lowest BCUT2D eigenvalue weighted by Crippen LogP contribution is -2.46. The van der Waals surface area contributed by atoms with Gasteiger partial charge in [-0.15, -0.1) is 0 Å². The minimum Gasteiger partial charge on any atom is -0.481 e. The maximum absolute atomic E-state index is 13.2. The van der Waals surface area contributed by atoms with Gasteiger partial charge >= 0.3 is 5.97 Å². The fourth-order valence-electron chi connectivity index (χ4n) is 2.73. The molecule has 0 radical (unpaired) electrons. The molecule has 1 fully saturated rings. The van der Waals surface area contributed by atoms with Crippen molar-refractivity contribution >= 4 is 5.97 Å². The first-order valence-corrected chi connectivity index (χ1v) is 6.60. The van der Waals surface area contributed by atoms with Crippen molar-refractivity contribution in [2.45, 2.75) is 32.7 Å². The smallest absolute Gasteiger partial charge is 0.310 e. The van der Waals surface area contributed by atoms with Gasteiger partial charge in [-0.05, 0) is 44.0 Å². The third-order valence-electron chi connectivity index (χ3n) is 4.01. The molecule has 0 bridgehead atoms. The summed E-state index contributed by atoms with van der Waals surface area (Å²) in [6, 6.07) is 5.04. The number of halogens is 1. The summed E-state index contributed by atoms with van der Waals surface area (Å²) in [5.41, 5.74) is 1.08. The molecule has 2 rings (SSSR count). The molecule has 0 saturated heterocycles. The van der Waals surface area contributed by atoms with Crippen LogP contribution in [0.4, 0.5) is 4.39 Å². The van der Waals surface area contributed by atoms with Crippen molar-refractivity contribution in [3.8, 4) is 0 Å². The number of carbonyl (C=O) groups is 1. The van der Waals surface area contributed by atoms with Crippen LogP contribution in [-0.4, -0.2) is 29.6 Å². The van der Waals surface area contributed by atoms with Crippen LogP contribution in [0.3, 0.4) is 0 Å². The lowest BCUT2D eigenvalue weighted by molar-refractivity contribution is -0.156. The first kappa shape index (κ1) is 14.0. The van der Waals surface area contributed by atoms with E-state index in [9.17, 15) is 14.3 Å². The summed E-state index contributed by atoms with van der Waals surface area (Å²) in [5, 5.41) is 9.30. The second kappa shape index (κ2) is 5.29. The first-order valence-electron chi connectivity index (χ1n) is 6.60. The van der Waals surface area contributed by atoms with Gasteiger partial charge in [-0.1, -0.05) is 18.6 Å². The molecule has 4 heteroatoms. The molecule has 1 aliphatic carbocycles. The Bertz CT molecular complexity index is 483. The molecule has 0 aromatic heterocycles. The number of benzene rings is 1. The molecule has 1 saturated carbocycles. The number of hydrogen-bond acceptors (Lipinski definition) is 2. The number of nitrogens with zero attached hydrogens (tertiary/aromatic N) is 1. The Morgan fingerprint density at radius 2 is 2.16 bits per heavy atom. The van der Waals surface area contributed by atoms with Gasteiger partial charge in [0, 0.05) is 13.1 Å². The Labute approximate surface area is 113 Å². The van der Waals surface area contributed by atoms with E-state index in [0.717, 1.165) is 24.8 Å². The monoisotopic (exact) mass is 265 g/mol. The van der Waals surface area contributed by atoms with E-state index >= 15 is 0 Å². The predicted molar refractivity (Wildman–Crippen MR) is 71.4 cm³/mol. The minimum atomic E-state index is -0.694. The van der Waals surface area contributed by atoms with E-state index < -0.39 is 11.4 Å². The summed E-state index contributed by atoms with van der Waals surface area (Å²) in [4.78, 5) is 13.3. The predicted octanol–water partition coefficient (Wildman–Crippen LogP) is 2.82. The fraction of sp³-hybridized carbons (Fsp3) is 0.533. The fourth-order valence-corrected chi connectivity index (χ4v) is 2.73. The molecule has 0 aliphatic heterocycles. The van der Waals surface area contributed by atoms with Crippen molar-refractivity contribution in [1.29, 1.82) is 0 Å². The summed E-state index contributed by atoms with van der Waals surface area (Å²) < 4.78 is 13.2. The van der Waals surface area contributed by atoms with Crippen molar-refractivity contribution in [3.63, 3.8) is 0 Å². The lowest BCUT2D eigenvalue weighted by atomic mass is 9.68. The third kappa shape index (κ3) is 2.95. The topological polar surface area (TPSA) is 40.5 Å². The van der Waals surface area contributed by atoms with Gasteiger partial charge in [0.1, 0.15) is 5.82 Å². The zero-order valence-electron chi connectivity index (χ0n) is 11.4. The zero-order valence-corrected chi connectivity index (χ0v) is 11.4. The van der Waals surface area contributed by atoms with E-state index in [1.807, 2.05) is 18.0 Å². The molecule has 0 spiro atoms. The van der Waals surface area contributed by atoms with Gasteiger partial charge in [0.05, 0.1) is 5.41 Å². The second-order valence-corrected chi connectivity index (χ2v) is 5.69. The van der Waals surface area contributed by atoms with Gasteiger partial charge < -0.3 is 10.0 Å². The van der Waals surface area contributed by atoms with Crippen LogP contribution in [0.15, 0.2) is 18.2 Å². The number of hydrogen-bond donors (Lipinski definition) is 1. The van der Waals surface area contributed by atoms with Crippen LogP contribution in [0.2, 0.25) is 0 Å². The van der Waals surface area contributed by atoms with E-state index in [2.05, 4.69) is 0 Å². The summed E-state index contributed by atoms with van der Waals surface area (Å²) in [6.07, 6.45) is 2.51. The van der Waals surface area contributed by atoms with Gasteiger partial charge in [0.2, 0.25) is 0 Å². The SMILES string of the molecule is Cc1cc(CN(C)CC2(C(=O)O)CCC2)ccc1F. The van der Waals surface area contributed by atoms with Crippen molar-refractivity contribution in [1.82, 2.24) is 4.90 Å². The Morgan fingerprint density at radius 1 is 1.47 bits per heavy atom. The molecule has 19 heavy (non-hydrogen) atoms. The highest BCUT2D eigenvalue weighted by Crippen LogP contribution is 2.41. The molecule has 0 heterocycles. The van der Waals surface area contributed by atoms with E-state index in [4.69, 9.17) is 0 Å². The van der Waals surface area contributed by atoms with Crippen LogP contribution in [-0.2, 0) is 11.3 Å². The van der Waals surface area contributed by atoms with Gasteiger partial charge in [-0.25, -0.2) is 4.39 Å². The molecular weight excluding hydrogens is 245 g/mol. The Hall–Kier alpha value is -1.42. The van der Waals surface area contributed by atoms with E-state index in [1.54, 1.807) is 13.0 Å². The number of carboxylic acid groups (broad SMARTS) is 1. The van der Waals surface area contributed by atoms with Gasteiger partial charge in [0.25, 0.3) is 0 Å². The van der Waals surface area contributed by atoms with Crippen LogP contribution < -0.4 is 0 Å². The highest BCUT2D eigenvalue weighted by Gasteiger charge is 2.44. The van der Waals surface area contributed by atoms with Crippen LogP contribution in [0, 0.1) is 18.2 Å². The molecule has 1 aromatic rings. The van der Waals surface area contributed by atoms with Gasteiger partial charge in [-0.3, -0.25) is 4.79 Å². The van der Waals surface area contributed by atoms with Crippen LogP contribution in [0.1, 0.15) is 30.4 Å². The second-order valence-electron chi connectivity index (χ2n) is 5.69. The summed E-state index contributed by atoms with van der Waals surface area (Å²) >= 11 is 0. The highest BCUT2D eigenvalue weighted by atomic mass is 19.1. The quantitative estimate of drug-likeness (QED) is 0.890.